The topological polar surface area (TPSA) is 42.9 Å². The van der Waals surface area contributed by atoms with E-state index in [9.17, 15) is 4.79 Å². The number of fused-ring (bicyclic) bond motifs is 1. The number of hydrogen-bond donors (Lipinski definition) is 0. The zero-order valence-corrected chi connectivity index (χ0v) is 11.0. The first-order valence-corrected chi connectivity index (χ1v) is 7.07. The summed E-state index contributed by atoms with van der Waals surface area (Å²) in [6, 6.07) is 5.63. The third kappa shape index (κ3) is 2.80. The van der Waals surface area contributed by atoms with Gasteiger partial charge in [-0.05, 0) is 24.1 Å². The second kappa shape index (κ2) is 5.47. The molecule has 3 nitrogen and oxygen atoms in total. The average molecular weight is 254 g/mol. The van der Waals surface area contributed by atoms with Crippen LogP contribution in [0.25, 0.3) is 11.0 Å². The Bertz CT molecular complexity index is 588. The van der Waals surface area contributed by atoms with Crippen molar-refractivity contribution < 1.29 is 4.79 Å². The van der Waals surface area contributed by atoms with Gasteiger partial charge in [0, 0.05) is 24.4 Å². The van der Waals surface area contributed by atoms with Gasteiger partial charge in [-0.1, -0.05) is 32.1 Å². The Morgan fingerprint density at radius 2 is 1.79 bits per heavy atom. The van der Waals surface area contributed by atoms with Crippen molar-refractivity contribution in [3.8, 4) is 0 Å². The van der Waals surface area contributed by atoms with E-state index in [0.717, 1.165) is 16.6 Å². The van der Waals surface area contributed by atoms with Gasteiger partial charge < -0.3 is 0 Å². The van der Waals surface area contributed by atoms with Crippen molar-refractivity contribution in [1.29, 1.82) is 0 Å². The zero-order valence-electron chi connectivity index (χ0n) is 11.0. The number of Topliss-reactive ketones (excluding diaryl/α,β-unsaturated/α-hetero) is 1. The number of carbonyl (C=O) groups excluding carboxylic acids is 1. The van der Waals surface area contributed by atoms with Gasteiger partial charge in [0.1, 0.15) is 0 Å². The summed E-state index contributed by atoms with van der Waals surface area (Å²) in [4.78, 5) is 20.8. The molecule has 0 saturated heterocycles. The van der Waals surface area contributed by atoms with Crippen molar-refractivity contribution in [1.82, 2.24) is 9.97 Å². The lowest BCUT2D eigenvalue weighted by Gasteiger charge is -2.20. The van der Waals surface area contributed by atoms with Crippen molar-refractivity contribution in [2.24, 2.45) is 5.92 Å². The van der Waals surface area contributed by atoms with Crippen molar-refractivity contribution in [3.05, 3.63) is 36.2 Å². The summed E-state index contributed by atoms with van der Waals surface area (Å²) in [5.41, 5.74) is 2.42. The van der Waals surface area contributed by atoms with Crippen LogP contribution < -0.4 is 0 Å². The van der Waals surface area contributed by atoms with E-state index in [1.165, 1.54) is 32.1 Å². The van der Waals surface area contributed by atoms with E-state index in [1.54, 1.807) is 12.4 Å². The molecule has 1 heterocycles. The molecule has 3 heteroatoms. The third-order valence-corrected chi connectivity index (χ3v) is 3.99. The minimum absolute atomic E-state index is 0.249. The van der Waals surface area contributed by atoms with Crippen LogP contribution in [0.2, 0.25) is 0 Å². The van der Waals surface area contributed by atoms with Crippen LogP contribution >= 0.6 is 0 Å². The van der Waals surface area contributed by atoms with Gasteiger partial charge >= 0.3 is 0 Å². The first kappa shape index (κ1) is 12.3. The molecule has 1 saturated carbocycles. The second-order valence-corrected chi connectivity index (χ2v) is 5.39. The maximum Gasteiger partial charge on any atom is 0.163 e. The Morgan fingerprint density at radius 3 is 2.58 bits per heavy atom. The Balaban J connectivity index is 1.77. The molecule has 0 atom stereocenters. The minimum atomic E-state index is 0.249. The molecule has 0 amide bonds. The highest BCUT2D eigenvalue weighted by Gasteiger charge is 2.18. The van der Waals surface area contributed by atoms with Gasteiger partial charge in [0.2, 0.25) is 0 Å². The molecule has 1 aliphatic rings. The van der Waals surface area contributed by atoms with E-state index in [1.807, 2.05) is 18.2 Å². The van der Waals surface area contributed by atoms with Crippen molar-refractivity contribution in [3.63, 3.8) is 0 Å². The van der Waals surface area contributed by atoms with Crippen LogP contribution in [0.4, 0.5) is 0 Å². The molecule has 0 spiro atoms. The van der Waals surface area contributed by atoms with Crippen LogP contribution in [0, 0.1) is 5.92 Å². The number of carbonyl (C=O) groups is 1. The molecule has 0 N–H and O–H groups in total. The van der Waals surface area contributed by atoms with Gasteiger partial charge in [-0.25, -0.2) is 0 Å². The van der Waals surface area contributed by atoms with E-state index in [-0.39, 0.29) is 5.78 Å². The van der Waals surface area contributed by atoms with E-state index in [2.05, 4.69) is 9.97 Å². The first-order valence-electron chi connectivity index (χ1n) is 7.07. The Kier molecular flexibility index (Phi) is 3.53. The standard InChI is InChI=1S/C16H18N2O/c19-16(10-12-4-2-1-3-5-12)13-6-7-14-15(11-13)18-9-8-17-14/h6-9,11-12H,1-5,10H2. The van der Waals surface area contributed by atoms with Crippen LogP contribution in [0.5, 0.6) is 0 Å². The highest BCUT2D eigenvalue weighted by atomic mass is 16.1. The summed E-state index contributed by atoms with van der Waals surface area (Å²) in [5, 5.41) is 0. The number of benzene rings is 1. The molecule has 0 radical (unpaired) electrons. The van der Waals surface area contributed by atoms with E-state index in [0.29, 0.717) is 12.3 Å². The number of nitrogens with zero attached hydrogens (tertiary/aromatic N) is 2. The summed E-state index contributed by atoms with van der Waals surface area (Å²) in [5.74, 6) is 0.832. The van der Waals surface area contributed by atoms with Gasteiger partial charge in [0.25, 0.3) is 0 Å². The minimum Gasteiger partial charge on any atom is -0.294 e. The molecule has 0 bridgehead atoms. The summed E-state index contributed by atoms with van der Waals surface area (Å²) >= 11 is 0. The lowest BCUT2D eigenvalue weighted by molar-refractivity contribution is 0.0950. The van der Waals surface area contributed by atoms with Gasteiger partial charge in [0.05, 0.1) is 11.0 Å². The monoisotopic (exact) mass is 254 g/mol. The van der Waals surface area contributed by atoms with Crippen molar-refractivity contribution in [2.45, 2.75) is 38.5 Å². The summed E-state index contributed by atoms with van der Waals surface area (Å²) < 4.78 is 0. The van der Waals surface area contributed by atoms with Gasteiger partial charge in [-0.15, -0.1) is 0 Å². The van der Waals surface area contributed by atoms with Gasteiger partial charge in [-0.2, -0.15) is 0 Å². The molecule has 1 aromatic carbocycles. The molecule has 1 aromatic heterocycles. The molecule has 0 unspecified atom stereocenters. The predicted molar refractivity (Wildman–Crippen MR) is 75.1 cm³/mol. The summed E-state index contributed by atoms with van der Waals surface area (Å²) in [6.45, 7) is 0. The summed E-state index contributed by atoms with van der Waals surface area (Å²) in [7, 11) is 0. The third-order valence-electron chi connectivity index (χ3n) is 3.99. The summed E-state index contributed by atoms with van der Waals surface area (Å²) in [6.07, 6.45) is 10.3. The molecule has 19 heavy (non-hydrogen) atoms. The quantitative estimate of drug-likeness (QED) is 0.783. The first-order chi connectivity index (χ1) is 9.33. The second-order valence-electron chi connectivity index (χ2n) is 5.39. The smallest absolute Gasteiger partial charge is 0.163 e. The predicted octanol–water partition coefficient (Wildman–Crippen LogP) is 3.78. The van der Waals surface area contributed by atoms with Crippen LogP contribution in [-0.2, 0) is 0 Å². The fraction of sp³-hybridized carbons (Fsp3) is 0.438. The SMILES string of the molecule is O=C(CC1CCCCC1)c1ccc2nccnc2c1. The molecule has 2 aromatic rings. The fourth-order valence-corrected chi connectivity index (χ4v) is 2.91. The molecule has 1 fully saturated rings. The maximum atomic E-state index is 12.3. The van der Waals surface area contributed by atoms with Crippen molar-refractivity contribution in [2.75, 3.05) is 0 Å². The Labute approximate surface area is 113 Å². The highest BCUT2D eigenvalue weighted by molar-refractivity contribution is 5.98. The molecular weight excluding hydrogens is 236 g/mol. The van der Waals surface area contributed by atoms with Crippen LogP contribution in [0.3, 0.4) is 0 Å². The number of rotatable bonds is 3. The molecular formula is C16H18N2O. The Morgan fingerprint density at radius 1 is 1.05 bits per heavy atom. The normalized spacial score (nSPS) is 16.6. The fourth-order valence-electron chi connectivity index (χ4n) is 2.91. The lowest BCUT2D eigenvalue weighted by Crippen LogP contribution is -2.12. The molecule has 3 rings (SSSR count). The van der Waals surface area contributed by atoms with Crippen LogP contribution in [-0.4, -0.2) is 15.8 Å². The lowest BCUT2D eigenvalue weighted by atomic mass is 9.85. The van der Waals surface area contributed by atoms with E-state index >= 15 is 0 Å². The highest BCUT2D eigenvalue weighted by Crippen LogP contribution is 2.27. The van der Waals surface area contributed by atoms with E-state index < -0.39 is 0 Å². The van der Waals surface area contributed by atoms with Crippen molar-refractivity contribution >= 4 is 16.8 Å². The Hall–Kier alpha value is -1.77. The average Bonchev–Trinajstić information content (AvgIpc) is 2.48. The van der Waals surface area contributed by atoms with Gasteiger partial charge in [0.15, 0.2) is 5.78 Å². The number of hydrogen-bond acceptors (Lipinski definition) is 3. The van der Waals surface area contributed by atoms with Crippen LogP contribution in [0.15, 0.2) is 30.6 Å². The molecule has 98 valence electrons. The molecule has 0 aliphatic heterocycles. The number of aromatic nitrogens is 2. The maximum absolute atomic E-state index is 12.3. The largest absolute Gasteiger partial charge is 0.294 e. The van der Waals surface area contributed by atoms with E-state index in [4.69, 9.17) is 0 Å². The zero-order chi connectivity index (χ0) is 13.1. The van der Waals surface area contributed by atoms with Crippen LogP contribution in [0.1, 0.15) is 48.9 Å². The van der Waals surface area contributed by atoms with Gasteiger partial charge in [-0.3, -0.25) is 14.8 Å². The molecule has 1 aliphatic carbocycles. The number of ketones is 1.